The van der Waals surface area contributed by atoms with Crippen LogP contribution in [-0.2, 0) is 0 Å². The van der Waals surface area contributed by atoms with Gasteiger partial charge in [0.25, 0.3) is 0 Å². The van der Waals surface area contributed by atoms with Crippen molar-refractivity contribution < 1.29 is 8.78 Å². The van der Waals surface area contributed by atoms with Crippen molar-refractivity contribution >= 4 is 34.8 Å². The zero-order valence-electron chi connectivity index (χ0n) is 16.0. The van der Waals surface area contributed by atoms with E-state index in [4.69, 9.17) is 11.6 Å². The highest BCUT2D eigenvalue weighted by Gasteiger charge is 2.16. The molecule has 0 N–H and O–H groups in total. The van der Waals surface area contributed by atoms with Gasteiger partial charge in [0, 0.05) is 16.9 Å². The SMILES string of the molecule is Cc1cc2c(nc1C)c(=O)c(/C=C/c1ccc(F)nc1)nn2-c1ccc(Cl)cc1F. The second kappa shape index (κ2) is 7.76. The summed E-state index contributed by atoms with van der Waals surface area (Å²) in [5.41, 5.74) is 2.44. The van der Waals surface area contributed by atoms with E-state index in [1.165, 1.54) is 41.2 Å². The first-order valence-electron chi connectivity index (χ1n) is 9.00. The van der Waals surface area contributed by atoms with E-state index in [2.05, 4.69) is 15.1 Å². The normalized spacial score (nSPS) is 11.5. The van der Waals surface area contributed by atoms with E-state index in [-0.39, 0.29) is 21.9 Å². The van der Waals surface area contributed by atoms with Crippen LogP contribution >= 0.6 is 11.6 Å². The van der Waals surface area contributed by atoms with Crippen LogP contribution in [0.25, 0.3) is 28.9 Å². The molecule has 8 heteroatoms. The Morgan fingerprint density at radius 3 is 2.57 bits per heavy atom. The molecular formula is C22H15ClF2N4O. The van der Waals surface area contributed by atoms with Gasteiger partial charge < -0.3 is 0 Å². The first-order chi connectivity index (χ1) is 14.3. The lowest BCUT2D eigenvalue weighted by Crippen LogP contribution is -2.18. The maximum Gasteiger partial charge on any atom is 0.233 e. The Labute approximate surface area is 175 Å². The first kappa shape index (κ1) is 19.8. The van der Waals surface area contributed by atoms with Gasteiger partial charge in [-0.2, -0.15) is 9.49 Å². The summed E-state index contributed by atoms with van der Waals surface area (Å²) in [7, 11) is 0. The molecule has 0 saturated carbocycles. The standard InChI is InChI=1S/C22H15ClF2N4O/c1-12-9-19-21(27-13(12)2)22(30)17(6-3-14-4-8-20(25)26-11-14)28-29(19)18-7-5-15(23)10-16(18)24/h3-11H,1-2H3/b6-3+. The van der Waals surface area contributed by atoms with Crippen molar-refractivity contribution in [3.05, 3.63) is 92.1 Å². The van der Waals surface area contributed by atoms with Crippen molar-refractivity contribution in [2.45, 2.75) is 13.8 Å². The number of hydrogen-bond donors (Lipinski definition) is 0. The summed E-state index contributed by atoms with van der Waals surface area (Å²) >= 11 is 5.88. The molecular weight excluding hydrogens is 410 g/mol. The van der Waals surface area contributed by atoms with Crippen LogP contribution in [0, 0.1) is 25.6 Å². The quantitative estimate of drug-likeness (QED) is 0.439. The molecule has 0 amide bonds. The fourth-order valence-corrected chi connectivity index (χ4v) is 3.11. The molecule has 0 radical (unpaired) electrons. The van der Waals surface area contributed by atoms with Crippen LogP contribution in [-0.4, -0.2) is 19.7 Å². The molecule has 0 aliphatic heterocycles. The highest BCUT2D eigenvalue weighted by atomic mass is 35.5. The Kier molecular flexibility index (Phi) is 5.13. The van der Waals surface area contributed by atoms with E-state index < -0.39 is 17.2 Å². The maximum atomic E-state index is 14.7. The maximum absolute atomic E-state index is 14.7. The van der Waals surface area contributed by atoms with E-state index in [0.717, 1.165) is 5.56 Å². The van der Waals surface area contributed by atoms with E-state index in [0.29, 0.717) is 16.8 Å². The summed E-state index contributed by atoms with van der Waals surface area (Å²) in [5, 5.41) is 4.61. The van der Waals surface area contributed by atoms with Gasteiger partial charge in [-0.05, 0) is 67.4 Å². The van der Waals surface area contributed by atoms with Gasteiger partial charge >= 0.3 is 0 Å². The molecule has 30 heavy (non-hydrogen) atoms. The molecule has 0 aliphatic carbocycles. The van der Waals surface area contributed by atoms with Gasteiger partial charge in [-0.25, -0.2) is 19.0 Å². The molecule has 150 valence electrons. The molecule has 0 spiro atoms. The lowest BCUT2D eigenvalue weighted by Gasteiger charge is -2.13. The van der Waals surface area contributed by atoms with Crippen molar-refractivity contribution in [1.82, 2.24) is 19.7 Å². The monoisotopic (exact) mass is 424 g/mol. The minimum Gasteiger partial charge on any atom is -0.285 e. The van der Waals surface area contributed by atoms with Crippen LogP contribution in [0.3, 0.4) is 0 Å². The lowest BCUT2D eigenvalue weighted by atomic mass is 10.1. The second-order valence-electron chi connectivity index (χ2n) is 6.73. The van der Waals surface area contributed by atoms with Crippen LogP contribution in [0.2, 0.25) is 5.02 Å². The number of hydrogen-bond acceptors (Lipinski definition) is 4. The third-order valence-corrected chi connectivity index (χ3v) is 4.89. The number of benzene rings is 1. The molecule has 1 aromatic carbocycles. The number of pyridine rings is 2. The van der Waals surface area contributed by atoms with Gasteiger partial charge in [-0.1, -0.05) is 17.7 Å². The van der Waals surface area contributed by atoms with Gasteiger partial charge in [0.05, 0.1) is 5.52 Å². The van der Waals surface area contributed by atoms with E-state index in [9.17, 15) is 13.6 Å². The summed E-state index contributed by atoms with van der Waals surface area (Å²) in [6, 6.07) is 8.68. The molecule has 3 aromatic heterocycles. The van der Waals surface area contributed by atoms with Gasteiger partial charge in [0.1, 0.15) is 22.7 Å². The van der Waals surface area contributed by atoms with Crippen LogP contribution < -0.4 is 5.43 Å². The van der Waals surface area contributed by atoms with E-state index in [1.54, 1.807) is 25.1 Å². The largest absolute Gasteiger partial charge is 0.285 e. The molecule has 4 aromatic rings. The van der Waals surface area contributed by atoms with E-state index in [1.807, 2.05) is 6.92 Å². The predicted octanol–water partition coefficient (Wildman–Crippen LogP) is 4.89. The van der Waals surface area contributed by atoms with Gasteiger partial charge in [-0.3, -0.25) is 4.79 Å². The first-order valence-corrected chi connectivity index (χ1v) is 9.37. The van der Waals surface area contributed by atoms with Crippen LogP contribution in [0.1, 0.15) is 22.5 Å². The Bertz CT molecular complexity index is 1360. The molecule has 3 heterocycles. The average molecular weight is 425 g/mol. The topological polar surface area (TPSA) is 60.7 Å². The number of nitrogens with zero attached hydrogens (tertiary/aromatic N) is 4. The number of fused-ring (bicyclic) bond motifs is 1. The minimum absolute atomic E-state index is 0.0527. The van der Waals surface area contributed by atoms with Crippen LogP contribution in [0.4, 0.5) is 8.78 Å². The Balaban J connectivity index is 1.97. The number of halogens is 3. The third kappa shape index (κ3) is 3.71. The van der Waals surface area contributed by atoms with Crippen molar-refractivity contribution in [3.8, 4) is 5.69 Å². The number of aryl methyl sites for hydroxylation is 2. The molecule has 0 bridgehead atoms. The fourth-order valence-electron chi connectivity index (χ4n) is 2.95. The Hall–Kier alpha value is -3.45. The zero-order valence-corrected chi connectivity index (χ0v) is 16.8. The van der Waals surface area contributed by atoms with Gasteiger partial charge in [-0.15, -0.1) is 0 Å². The molecule has 0 saturated heterocycles. The summed E-state index contributed by atoms with van der Waals surface area (Å²) in [6.07, 6.45) is 4.37. The summed E-state index contributed by atoms with van der Waals surface area (Å²) in [5.74, 6) is -1.19. The second-order valence-corrected chi connectivity index (χ2v) is 7.16. The highest BCUT2D eigenvalue weighted by molar-refractivity contribution is 6.30. The number of aromatic nitrogens is 4. The minimum atomic E-state index is -0.605. The molecule has 5 nitrogen and oxygen atoms in total. The van der Waals surface area contributed by atoms with Crippen molar-refractivity contribution in [2.75, 3.05) is 0 Å². The zero-order chi connectivity index (χ0) is 21.4. The highest BCUT2D eigenvalue weighted by Crippen LogP contribution is 2.22. The molecule has 0 unspecified atom stereocenters. The molecule has 4 rings (SSSR count). The summed E-state index contributed by atoms with van der Waals surface area (Å²) in [6.45, 7) is 3.64. The van der Waals surface area contributed by atoms with Crippen molar-refractivity contribution in [1.29, 1.82) is 0 Å². The third-order valence-electron chi connectivity index (χ3n) is 4.65. The van der Waals surface area contributed by atoms with Crippen molar-refractivity contribution in [2.24, 2.45) is 0 Å². The predicted molar refractivity (Wildman–Crippen MR) is 113 cm³/mol. The van der Waals surface area contributed by atoms with Gasteiger partial charge in [0.2, 0.25) is 11.4 Å². The average Bonchev–Trinajstić information content (AvgIpc) is 2.71. The molecule has 0 atom stereocenters. The fraction of sp³-hybridized carbons (Fsp3) is 0.0909. The Morgan fingerprint density at radius 1 is 1.07 bits per heavy atom. The smallest absolute Gasteiger partial charge is 0.233 e. The lowest BCUT2D eigenvalue weighted by molar-refractivity contribution is 0.583. The molecule has 0 fully saturated rings. The summed E-state index contributed by atoms with van der Waals surface area (Å²) in [4.78, 5) is 21.0. The number of rotatable bonds is 3. The molecule has 0 aliphatic rings. The van der Waals surface area contributed by atoms with E-state index >= 15 is 0 Å². The van der Waals surface area contributed by atoms with Gasteiger partial charge in [0.15, 0.2) is 0 Å². The van der Waals surface area contributed by atoms with Crippen molar-refractivity contribution in [3.63, 3.8) is 0 Å². The van der Waals surface area contributed by atoms with Crippen LogP contribution in [0.15, 0.2) is 47.4 Å². The Morgan fingerprint density at radius 2 is 1.87 bits per heavy atom. The van der Waals surface area contributed by atoms with Crippen LogP contribution in [0.5, 0.6) is 0 Å². The summed E-state index contributed by atoms with van der Waals surface area (Å²) < 4.78 is 29.0.